The molecule has 1 N–H and O–H groups in total. The van der Waals surface area contributed by atoms with E-state index >= 15 is 0 Å². The molecule has 0 aliphatic rings. The molecule has 0 saturated carbocycles. The van der Waals surface area contributed by atoms with Gasteiger partial charge in [0, 0.05) is 17.1 Å². The molecule has 0 aliphatic heterocycles. The van der Waals surface area contributed by atoms with Crippen LogP contribution in [0.4, 0.5) is 5.95 Å². The third kappa shape index (κ3) is 5.03. The number of methoxy groups -OCH3 is 2. The van der Waals surface area contributed by atoms with Crippen LogP contribution in [0.15, 0.2) is 57.7 Å². The van der Waals surface area contributed by atoms with Crippen LogP contribution in [0.1, 0.15) is 5.69 Å². The number of sulfonamides is 1. The van der Waals surface area contributed by atoms with Crippen LogP contribution in [0.2, 0.25) is 5.02 Å². The Kier molecular flexibility index (Phi) is 7.10. The number of hydrogen-bond acceptors (Lipinski definition) is 8. The Morgan fingerprint density at radius 2 is 1.88 bits per heavy atom. The molecule has 0 saturated heterocycles. The Labute approximate surface area is 209 Å². The molecule has 1 aromatic carbocycles. The van der Waals surface area contributed by atoms with Crippen molar-refractivity contribution in [3.05, 3.63) is 64.0 Å². The molecule has 0 amide bonds. The van der Waals surface area contributed by atoms with Crippen LogP contribution >= 0.6 is 27.5 Å². The van der Waals surface area contributed by atoms with E-state index in [1.807, 2.05) is 0 Å². The predicted molar refractivity (Wildman–Crippen MR) is 130 cm³/mol. The minimum Gasteiger partial charge on any atom is -0.494 e. The molecule has 10 nitrogen and oxygen atoms in total. The lowest BCUT2D eigenvalue weighted by Crippen LogP contribution is -2.21. The Hall–Kier alpha value is -3.09. The molecule has 0 unspecified atom stereocenters. The molecule has 0 fully saturated rings. The highest BCUT2D eigenvalue weighted by Gasteiger charge is 2.26. The summed E-state index contributed by atoms with van der Waals surface area (Å²) in [7, 11) is -0.872. The monoisotopic (exact) mass is 567 g/mol. The van der Waals surface area contributed by atoms with Gasteiger partial charge in [0.05, 0.1) is 37.0 Å². The zero-order valence-corrected chi connectivity index (χ0v) is 21.2. The second-order valence-electron chi connectivity index (χ2n) is 6.92. The predicted octanol–water partition coefficient (Wildman–Crippen LogP) is 4.34. The van der Waals surface area contributed by atoms with Crippen molar-refractivity contribution < 1.29 is 22.3 Å². The Morgan fingerprint density at radius 3 is 2.50 bits per heavy atom. The average Bonchev–Trinajstić information content (AvgIpc) is 3.47. The third-order valence-corrected chi connectivity index (χ3v) is 6.90. The summed E-state index contributed by atoms with van der Waals surface area (Å²) >= 11 is 9.27. The smallest absolute Gasteiger partial charge is 0.243 e. The van der Waals surface area contributed by atoms with Gasteiger partial charge in [-0.3, -0.25) is 14.3 Å². The molecule has 4 aromatic rings. The molecule has 4 rings (SSSR count). The van der Waals surface area contributed by atoms with Gasteiger partial charge in [-0.2, -0.15) is 0 Å². The topological polar surface area (TPSA) is 121 Å². The summed E-state index contributed by atoms with van der Waals surface area (Å²) in [6.07, 6.45) is 3.08. The number of ether oxygens (including phenoxy) is 2. The highest BCUT2D eigenvalue weighted by molar-refractivity contribution is 9.10. The first-order valence-electron chi connectivity index (χ1n) is 9.84. The van der Waals surface area contributed by atoms with Crippen molar-refractivity contribution in [2.75, 3.05) is 24.7 Å². The van der Waals surface area contributed by atoms with Crippen LogP contribution in [0.25, 0.3) is 17.3 Å². The fraction of sp³-hybridized carbons (Fsp3) is 0.190. The van der Waals surface area contributed by atoms with E-state index in [2.05, 4.69) is 35.8 Å². The number of aromatic nitrogens is 4. The molecule has 3 heterocycles. The fourth-order valence-electron chi connectivity index (χ4n) is 3.23. The summed E-state index contributed by atoms with van der Waals surface area (Å²) in [5, 5.41) is 8.68. The van der Waals surface area contributed by atoms with E-state index in [4.69, 9.17) is 25.5 Å². The first-order valence-corrected chi connectivity index (χ1v) is 12.7. The molecule has 0 atom stereocenters. The van der Waals surface area contributed by atoms with E-state index in [1.54, 1.807) is 36.4 Å². The van der Waals surface area contributed by atoms with Gasteiger partial charge >= 0.3 is 0 Å². The fourth-order valence-corrected chi connectivity index (χ4v) is 5.04. The van der Waals surface area contributed by atoms with Crippen LogP contribution < -0.4 is 14.2 Å². The summed E-state index contributed by atoms with van der Waals surface area (Å²) < 4.78 is 47.1. The zero-order valence-electron chi connectivity index (χ0n) is 18.0. The number of benzene rings is 1. The zero-order chi connectivity index (χ0) is 24.3. The lowest BCUT2D eigenvalue weighted by Gasteiger charge is -2.17. The van der Waals surface area contributed by atoms with Crippen LogP contribution in [0.5, 0.6) is 11.5 Å². The van der Waals surface area contributed by atoms with E-state index in [-0.39, 0.29) is 23.9 Å². The van der Waals surface area contributed by atoms with Gasteiger partial charge in [0.25, 0.3) is 0 Å². The summed E-state index contributed by atoms with van der Waals surface area (Å²) in [5.41, 5.74) is 0.961. The largest absolute Gasteiger partial charge is 0.494 e. The van der Waals surface area contributed by atoms with E-state index < -0.39 is 10.0 Å². The van der Waals surface area contributed by atoms with E-state index in [0.29, 0.717) is 38.1 Å². The lowest BCUT2D eigenvalue weighted by atomic mass is 10.2. The van der Waals surface area contributed by atoms with Gasteiger partial charge in [-0.05, 0) is 46.3 Å². The summed E-state index contributed by atoms with van der Waals surface area (Å²) in [6, 6.07) is 10.2. The normalized spacial score (nSPS) is 11.4. The van der Waals surface area contributed by atoms with Crippen LogP contribution in [0.3, 0.4) is 0 Å². The SMILES string of the molecule is COc1cccc(OC)c1-n1c(NS(=O)(=O)CCc2ncc(Cl)cc2Br)nnc1-c1ccco1. The van der Waals surface area contributed by atoms with E-state index in [9.17, 15) is 8.42 Å². The van der Waals surface area contributed by atoms with Gasteiger partial charge in [-0.25, -0.2) is 8.42 Å². The second kappa shape index (κ2) is 10.0. The maximum absolute atomic E-state index is 13.0. The van der Waals surface area contributed by atoms with Gasteiger partial charge in [-0.1, -0.05) is 17.7 Å². The minimum atomic E-state index is -3.86. The highest BCUT2D eigenvalue weighted by Crippen LogP contribution is 2.37. The number of rotatable bonds is 9. The highest BCUT2D eigenvalue weighted by atomic mass is 79.9. The van der Waals surface area contributed by atoms with E-state index in [1.165, 1.54) is 31.2 Å². The molecule has 3 aromatic heterocycles. The van der Waals surface area contributed by atoms with Gasteiger partial charge < -0.3 is 13.9 Å². The van der Waals surface area contributed by atoms with Gasteiger partial charge in [0.1, 0.15) is 17.2 Å². The molecule has 178 valence electrons. The first-order chi connectivity index (χ1) is 16.3. The van der Waals surface area contributed by atoms with Gasteiger partial charge in [0.15, 0.2) is 5.76 Å². The molecular formula is C21H19BrClN5O5S. The molecule has 0 bridgehead atoms. The molecule has 0 radical (unpaired) electrons. The Morgan fingerprint density at radius 1 is 1.15 bits per heavy atom. The number of nitrogens with zero attached hydrogens (tertiary/aromatic N) is 4. The Bertz CT molecular complexity index is 1390. The average molecular weight is 569 g/mol. The van der Waals surface area contributed by atoms with Crippen molar-refractivity contribution in [1.29, 1.82) is 0 Å². The Balaban J connectivity index is 1.73. The maximum Gasteiger partial charge on any atom is 0.243 e. The molecule has 0 spiro atoms. The number of para-hydroxylation sites is 1. The van der Waals surface area contributed by atoms with Crippen molar-refractivity contribution in [2.24, 2.45) is 0 Å². The van der Waals surface area contributed by atoms with Crippen molar-refractivity contribution in [2.45, 2.75) is 6.42 Å². The summed E-state index contributed by atoms with van der Waals surface area (Å²) in [6.45, 7) is 0. The van der Waals surface area contributed by atoms with Crippen molar-refractivity contribution >= 4 is 43.5 Å². The van der Waals surface area contributed by atoms with Crippen LogP contribution in [0, 0.1) is 0 Å². The lowest BCUT2D eigenvalue weighted by molar-refractivity contribution is 0.391. The third-order valence-electron chi connectivity index (χ3n) is 4.77. The molecule has 34 heavy (non-hydrogen) atoms. The van der Waals surface area contributed by atoms with Gasteiger partial charge in [-0.15, -0.1) is 10.2 Å². The van der Waals surface area contributed by atoms with Crippen LogP contribution in [-0.4, -0.2) is 48.1 Å². The maximum atomic E-state index is 13.0. The number of pyridine rings is 1. The summed E-state index contributed by atoms with van der Waals surface area (Å²) in [5.74, 6) is 1.15. The van der Waals surface area contributed by atoms with Gasteiger partial charge in [0.2, 0.25) is 21.8 Å². The first kappa shape index (κ1) is 24.0. The van der Waals surface area contributed by atoms with E-state index in [0.717, 1.165) is 0 Å². The van der Waals surface area contributed by atoms with Crippen molar-refractivity contribution in [3.63, 3.8) is 0 Å². The quantitative estimate of drug-likeness (QED) is 0.316. The molecular weight excluding hydrogens is 550 g/mol. The number of hydrogen-bond donors (Lipinski definition) is 1. The van der Waals surface area contributed by atoms with Crippen LogP contribution in [-0.2, 0) is 16.4 Å². The minimum absolute atomic E-state index is 0.0580. The number of anilines is 1. The number of aryl methyl sites for hydroxylation is 1. The molecule has 0 aliphatic carbocycles. The van der Waals surface area contributed by atoms with Crippen molar-refractivity contribution in [1.82, 2.24) is 19.7 Å². The number of nitrogens with one attached hydrogen (secondary N) is 1. The standard InChI is InChI=1S/C21H19BrClN5O5S/c1-31-16-5-3-6-17(32-2)19(16)28-20(18-7-4-9-33-18)25-26-21(28)27-34(29,30)10-8-15-14(22)11-13(23)12-24-15/h3-7,9,11-12H,8,10H2,1-2H3,(H,26,27). The number of halogens is 2. The molecule has 13 heteroatoms. The second-order valence-corrected chi connectivity index (χ2v) is 10.1. The van der Waals surface area contributed by atoms with Crippen molar-refractivity contribution in [3.8, 4) is 28.8 Å². The number of furan rings is 1. The summed E-state index contributed by atoms with van der Waals surface area (Å²) in [4.78, 5) is 4.19.